The molecule has 1 saturated heterocycles. The Hall–Kier alpha value is -3.70. The number of amides is 1. The molecule has 0 radical (unpaired) electrons. The van der Waals surface area contributed by atoms with Gasteiger partial charge in [-0.2, -0.15) is 0 Å². The third kappa shape index (κ3) is 5.26. The molecule has 5 nitrogen and oxygen atoms in total. The van der Waals surface area contributed by atoms with E-state index in [1.165, 1.54) is 11.1 Å². The van der Waals surface area contributed by atoms with E-state index in [4.69, 9.17) is 0 Å². The molecule has 0 saturated carbocycles. The van der Waals surface area contributed by atoms with Crippen LogP contribution < -0.4 is 5.32 Å². The minimum atomic E-state index is -0.0603. The molecule has 1 atom stereocenters. The van der Waals surface area contributed by atoms with Gasteiger partial charge >= 0.3 is 0 Å². The number of imidazole rings is 1. The molecule has 1 aliphatic rings. The molecule has 2 heterocycles. The number of carbonyl (C=O) groups is 1. The lowest BCUT2D eigenvalue weighted by atomic mass is 9.98. The van der Waals surface area contributed by atoms with Crippen LogP contribution in [0.1, 0.15) is 29.5 Å². The molecule has 1 amide bonds. The lowest BCUT2D eigenvalue weighted by Gasteiger charge is -2.24. The van der Waals surface area contributed by atoms with Crippen molar-refractivity contribution in [3.8, 4) is 11.1 Å². The van der Waals surface area contributed by atoms with E-state index in [0.717, 1.165) is 49.2 Å². The minimum absolute atomic E-state index is 0.0603. The monoisotopic (exact) mass is 450 g/mol. The fourth-order valence-electron chi connectivity index (χ4n) is 4.77. The van der Waals surface area contributed by atoms with Crippen molar-refractivity contribution in [1.29, 1.82) is 0 Å². The number of carbonyl (C=O) groups excluding carboxylic acids is 1. The topological polar surface area (TPSA) is 50.2 Å². The molecule has 1 N–H and O–H groups in total. The highest BCUT2D eigenvalue weighted by molar-refractivity contribution is 5.82. The first-order valence-corrected chi connectivity index (χ1v) is 11.9. The van der Waals surface area contributed by atoms with E-state index in [0.29, 0.717) is 6.54 Å². The molecule has 1 unspecified atom stereocenters. The van der Waals surface area contributed by atoms with Gasteiger partial charge in [-0.1, -0.05) is 78.9 Å². The first-order chi connectivity index (χ1) is 16.8. The number of hydrogen-bond acceptors (Lipinski definition) is 3. The average molecular weight is 451 g/mol. The van der Waals surface area contributed by atoms with E-state index in [2.05, 4.69) is 86.5 Å². The Morgan fingerprint density at radius 3 is 2.47 bits per heavy atom. The predicted octanol–water partition coefficient (Wildman–Crippen LogP) is 4.88. The lowest BCUT2D eigenvalue weighted by Crippen LogP contribution is -2.42. The maximum absolute atomic E-state index is 13.1. The van der Waals surface area contributed by atoms with E-state index in [1.54, 1.807) is 6.20 Å². The maximum atomic E-state index is 13.1. The molecule has 1 fully saturated rings. The summed E-state index contributed by atoms with van der Waals surface area (Å²) in [6.45, 7) is 3.12. The number of nitrogens with one attached hydrogen (secondary N) is 1. The van der Waals surface area contributed by atoms with E-state index in [9.17, 15) is 4.79 Å². The largest absolute Gasteiger partial charge is 0.351 e. The number of aromatic nitrogens is 2. The van der Waals surface area contributed by atoms with Crippen molar-refractivity contribution in [1.82, 2.24) is 19.8 Å². The van der Waals surface area contributed by atoms with Gasteiger partial charge in [-0.3, -0.25) is 9.69 Å². The van der Waals surface area contributed by atoms with Gasteiger partial charge in [0.2, 0.25) is 5.91 Å². The van der Waals surface area contributed by atoms with Crippen molar-refractivity contribution in [3.05, 3.63) is 114 Å². The number of nitrogens with zero attached hydrogens (tertiary/aromatic N) is 3. The molecular weight excluding hydrogens is 420 g/mol. The van der Waals surface area contributed by atoms with Crippen molar-refractivity contribution >= 4 is 5.91 Å². The molecule has 0 spiro atoms. The standard InChI is InChI=1S/C29H30N4O/c34-29(28-11-6-17-33(28)21-23-7-2-1-3-8-23)31-19-26-9-4-5-10-27(26)25-14-12-24(13-15-25)20-32-18-16-30-22-32/h1-5,7-10,12-16,18,22,28H,6,11,17,19-21H2,(H,31,34). The second kappa shape index (κ2) is 10.5. The Kier molecular flexibility index (Phi) is 6.82. The summed E-state index contributed by atoms with van der Waals surface area (Å²) < 4.78 is 2.06. The van der Waals surface area contributed by atoms with Crippen molar-refractivity contribution in [2.45, 2.75) is 38.5 Å². The molecule has 4 aromatic rings. The van der Waals surface area contributed by atoms with Gasteiger partial charge in [-0.05, 0) is 47.2 Å². The third-order valence-corrected chi connectivity index (χ3v) is 6.55. The molecule has 0 aliphatic carbocycles. The molecule has 5 heteroatoms. The highest BCUT2D eigenvalue weighted by atomic mass is 16.2. The molecule has 1 aromatic heterocycles. The number of likely N-dealkylation sites (tertiary alicyclic amines) is 1. The van der Waals surface area contributed by atoms with E-state index < -0.39 is 0 Å². The van der Waals surface area contributed by atoms with Crippen LogP contribution in [-0.2, 0) is 24.4 Å². The predicted molar refractivity (Wildman–Crippen MR) is 135 cm³/mol. The second-order valence-corrected chi connectivity index (χ2v) is 8.92. The molecule has 3 aromatic carbocycles. The van der Waals surface area contributed by atoms with Gasteiger partial charge in [-0.25, -0.2) is 4.98 Å². The van der Waals surface area contributed by atoms with Crippen LogP contribution in [0.4, 0.5) is 0 Å². The Balaban J connectivity index is 1.23. The first kappa shape index (κ1) is 22.1. The second-order valence-electron chi connectivity index (χ2n) is 8.92. The molecular formula is C29H30N4O. The van der Waals surface area contributed by atoms with Crippen LogP contribution in [0, 0.1) is 0 Å². The van der Waals surface area contributed by atoms with Crippen LogP contribution >= 0.6 is 0 Å². The highest BCUT2D eigenvalue weighted by Crippen LogP contribution is 2.25. The molecule has 34 heavy (non-hydrogen) atoms. The number of benzene rings is 3. The lowest BCUT2D eigenvalue weighted by molar-refractivity contribution is -0.125. The zero-order chi connectivity index (χ0) is 23.2. The van der Waals surface area contributed by atoms with Crippen LogP contribution in [0.15, 0.2) is 97.6 Å². The Morgan fingerprint density at radius 1 is 0.912 bits per heavy atom. The SMILES string of the molecule is O=C(NCc1ccccc1-c1ccc(Cn2ccnc2)cc1)C1CCCN1Cc1ccccc1. The van der Waals surface area contributed by atoms with Crippen molar-refractivity contribution in [3.63, 3.8) is 0 Å². The van der Waals surface area contributed by atoms with Gasteiger partial charge in [0, 0.05) is 32.0 Å². The zero-order valence-electron chi connectivity index (χ0n) is 19.3. The smallest absolute Gasteiger partial charge is 0.237 e. The van der Waals surface area contributed by atoms with E-state index >= 15 is 0 Å². The van der Waals surface area contributed by atoms with Crippen molar-refractivity contribution in [2.24, 2.45) is 0 Å². The number of hydrogen-bond donors (Lipinski definition) is 1. The summed E-state index contributed by atoms with van der Waals surface area (Å²) >= 11 is 0. The minimum Gasteiger partial charge on any atom is -0.351 e. The fraction of sp³-hybridized carbons (Fsp3) is 0.241. The molecule has 0 bridgehead atoms. The summed E-state index contributed by atoms with van der Waals surface area (Å²) in [6.07, 6.45) is 7.57. The van der Waals surface area contributed by atoms with Gasteiger partial charge in [0.25, 0.3) is 0 Å². The summed E-state index contributed by atoms with van der Waals surface area (Å²) in [6, 6.07) is 27.3. The third-order valence-electron chi connectivity index (χ3n) is 6.55. The first-order valence-electron chi connectivity index (χ1n) is 11.9. The summed E-state index contributed by atoms with van der Waals surface area (Å²) in [7, 11) is 0. The Bertz CT molecular complexity index is 1200. The van der Waals surface area contributed by atoms with Crippen LogP contribution in [0.5, 0.6) is 0 Å². The summed E-state index contributed by atoms with van der Waals surface area (Å²) in [4.78, 5) is 19.5. The van der Waals surface area contributed by atoms with Gasteiger partial charge in [0.05, 0.1) is 12.4 Å². The van der Waals surface area contributed by atoms with Crippen LogP contribution in [-0.4, -0.2) is 32.9 Å². The van der Waals surface area contributed by atoms with E-state index in [1.807, 2.05) is 24.7 Å². The summed E-state index contributed by atoms with van der Waals surface area (Å²) in [5.74, 6) is 0.124. The van der Waals surface area contributed by atoms with Gasteiger partial charge in [0.1, 0.15) is 0 Å². The van der Waals surface area contributed by atoms with Crippen molar-refractivity contribution in [2.75, 3.05) is 6.54 Å². The summed E-state index contributed by atoms with van der Waals surface area (Å²) in [5, 5.41) is 3.22. The fourth-order valence-corrected chi connectivity index (χ4v) is 4.77. The Morgan fingerprint density at radius 2 is 1.68 bits per heavy atom. The van der Waals surface area contributed by atoms with Crippen LogP contribution in [0.3, 0.4) is 0 Å². The van der Waals surface area contributed by atoms with E-state index in [-0.39, 0.29) is 11.9 Å². The molecule has 5 rings (SSSR count). The van der Waals surface area contributed by atoms with Crippen LogP contribution in [0.2, 0.25) is 0 Å². The van der Waals surface area contributed by atoms with Crippen LogP contribution in [0.25, 0.3) is 11.1 Å². The normalized spacial score (nSPS) is 15.9. The average Bonchev–Trinajstić information content (AvgIpc) is 3.56. The van der Waals surface area contributed by atoms with Gasteiger partial charge < -0.3 is 9.88 Å². The summed E-state index contributed by atoms with van der Waals surface area (Å²) in [5.41, 5.74) is 5.93. The molecule has 172 valence electrons. The van der Waals surface area contributed by atoms with Gasteiger partial charge in [0.15, 0.2) is 0 Å². The highest BCUT2D eigenvalue weighted by Gasteiger charge is 2.30. The molecule has 1 aliphatic heterocycles. The quantitative estimate of drug-likeness (QED) is 0.416. The van der Waals surface area contributed by atoms with Gasteiger partial charge in [-0.15, -0.1) is 0 Å². The zero-order valence-corrected chi connectivity index (χ0v) is 19.3. The maximum Gasteiger partial charge on any atom is 0.237 e. The Labute approximate surface area is 201 Å². The number of rotatable bonds is 8. The van der Waals surface area contributed by atoms with Crippen molar-refractivity contribution < 1.29 is 4.79 Å².